The van der Waals surface area contributed by atoms with Crippen LogP contribution in [0.25, 0.3) is 0 Å². The minimum absolute atomic E-state index is 0.0268. The van der Waals surface area contributed by atoms with E-state index < -0.39 is 6.61 Å². The Hall–Kier alpha value is -3.16. The van der Waals surface area contributed by atoms with Gasteiger partial charge in [0.1, 0.15) is 5.75 Å². The van der Waals surface area contributed by atoms with Crippen LogP contribution >= 0.6 is 0 Å². The normalized spacial score (nSPS) is 10.5. The van der Waals surface area contributed by atoms with Crippen LogP contribution in [0.15, 0.2) is 42.5 Å². The number of ether oxygens (including phenoxy) is 3. The van der Waals surface area contributed by atoms with Crippen molar-refractivity contribution in [1.82, 2.24) is 5.32 Å². The highest BCUT2D eigenvalue weighted by atomic mass is 19.3. The molecule has 1 amide bonds. The van der Waals surface area contributed by atoms with Crippen LogP contribution in [0, 0.1) is 0 Å². The molecule has 28 heavy (non-hydrogen) atoms. The molecule has 0 heterocycles. The van der Waals surface area contributed by atoms with Gasteiger partial charge in [-0.15, -0.1) is 0 Å². The highest BCUT2D eigenvalue weighted by Gasteiger charge is 2.12. The van der Waals surface area contributed by atoms with Gasteiger partial charge in [-0.1, -0.05) is 13.0 Å². The van der Waals surface area contributed by atoms with Crippen LogP contribution in [0.4, 0.5) is 8.78 Å². The molecule has 2 aromatic carbocycles. The Kier molecular flexibility index (Phi) is 7.74. The molecule has 0 bridgehead atoms. The topological polar surface area (TPSA) is 73.9 Å². The third-order valence-electron chi connectivity index (χ3n) is 3.80. The Balaban J connectivity index is 1.86. The molecule has 0 fully saturated rings. The molecule has 0 unspecified atom stereocenters. The SMILES string of the molecule is CCC(=O)c1ccc(OCC(=O)NCc2ccc(OC)c(OC(F)F)c2)cc1. The fraction of sp³-hybridized carbons (Fsp3) is 0.300. The molecule has 0 spiro atoms. The molecule has 0 aliphatic carbocycles. The van der Waals surface area contributed by atoms with Crippen molar-refractivity contribution >= 4 is 11.7 Å². The number of nitrogens with one attached hydrogen (secondary N) is 1. The lowest BCUT2D eigenvalue weighted by atomic mass is 10.1. The molecule has 0 saturated heterocycles. The Labute approximate surface area is 161 Å². The maximum atomic E-state index is 12.5. The van der Waals surface area contributed by atoms with E-state index in [1.165, 1.54) is 19.2 Å². The van der Waals surface area contributed by atoms with Crippen molar-refractivity contribution in [2.45, 2.75) is 26.5 Å². The molecule has 2 rings (SSSR count). The summed E-state index contributed by atoms with van der Waals surface area (Å²) in [4.78, 5) is 23.5. The molecule has 0 aliphatic rings. The van der Waals surface area contributed by atoms with E-state index in [4.69, 9.17) is 9.47 Å². The van der Waals surface area contributed by atoms with Crippen molar-refractivity contribution in [1.29, 1.82) is 0 Å². The van der Waals surface area contributed by atoms with Gasteiger partial charge in [-0.2, -0.15) is 8.78 Å². The summed E-state index contributed by atoms with van der Waals surface area (Å²) in [6, 6.07) is 11.0. The molecule has 0 aliphatic heterocycles. The molecule has 6 nitrogen and oxygen atoms in total. The molecule has 0 atom stereocenters. The summed E-state index contributed by atoms with van der Waals surface area (Å²) in [7, 11) is 1.34. The Morgan fingerprint density at radius 2 is 1.79 bits per heavy atom. The molecular weight excluding hydrogens is 372 g/mol. The van der Waals surface area contributed by atoms with Gasteiger partial charge in [0.15, 0.2) is 23.9 Å². The molecule has 1 N–H and O–H groups in total. The quantitative estimate of drug-likeness (QED) is 0.625. The van der Waals surface area contributed by atoms with Gasteiger partial charge in [0, 0.05) is 18.5 Å². The van der Waals surface area contributed by atoms with Gasteiger partial charge in [-0.25, -0.2) is 0 Å². The molecule has 8 heteroatoms. The summed E-state index contributed by atoms with van der Waals surface area (Å²) in [5.41, 5.74) is 1.15. The first-order chi connectivity index (χ1) is 13.4. The average molecular weight is 393 g/mol. The third-order valence-corrected chi connectivity index (χ3v) is 3.80. The highest BCUT2D eigenvalue weighted by molar-refractivity contribution is 5.95. The van der Waals surface area contributed by atoms with Crippen LogP contribution in [-0.2, 0) is 11.3 Å². The van der Waals surface area contributed by atoms with Gasteiger partial charge >= 0.3 is 6.61 Å². The summed E-state index contributed by atoms with van der Waals surface area (Å²) in [5.74, 6) is 0.158. The second kappa shape index (κ2) is 10.2. The average Bonchev–Trinajstić information content (AvgIpc) is 2.70. The van der Waals surface area contributed by atoms with Gasteiger partial charge in [0.25, 0.3) is 5.91 Å². The summed E-state index contributed by atoms with van der Waals surface area (Å²) in [5, 5.41) is 2.62. The Bertz CT molecular complexity index is 809. The van der Waals surface area contributed by atoms with Crippen molar-refractivity contribution in [2.75, 3.05) is 13.7 Å². The number of Topliss-reactive ketones (excluding diaryl/α,β-unsaturated/α-hetero) is 1. The van der Waals surface area contributed by atoms with E-state index in [9.17, 15) is 18.4 Å². The molecule has 0 aromatic heterocycles. The van der Waals surface area contributed by atoms with E-state index in [-0.39, 0.29) is 36.3 Å². The third kappa shape index (κ3) is 6.22. The van der Waals surface area contributed by atoms with Crippen molar-refractivity contribution in [3.8, 4) is 17.2 Å². The zero-order chi connectivity index (χ0) is 20.5. The molecular formula is C20H21F2NO5. The van der Waals surface area contributed by atoms with Crippen LogP contribution in [0.3, 0.4) is 0 Å². The van der Waals surface area contributed by atoms with Gasteiger partial charge in [0.05, 0.1) is 7.11 Å². The van der Waals surface area contributed by atoms with Gasteiger partial charge in [-0.05, 0) is 42.0 Å². The number of hydrogen-bond acceptors (Lipinski definition) is 5. The van der Waals surface area contributed by atoms with Crippen LogP contribution in [0.5, 0.6) is 17.2 Å². The van der Waals surface area contributed by atoms with Crippen LogP contribution in [-0.4, -0.2) is 32.0 Å². The summed E-state index contributed by atoms with van der Waals surface area (Å²) < 4.78 is 39.6. The molecule has 0 saturated carbocycles. The number of carbonyl (C=O) groups is 2. The van der Waals surface area contributed by atoms with Gasteiger partial charge < -0.3 is 19.5 Å². The van der Waals surface area contributed by atoms with E-state index in [1.807, 2.05) is 0 Å². The number of benzene rings is 2. The first-order valence-corrected chi connectivity index (χ1v) is 8.57. The van der Waals surface area contributed by atoms with Crippen molar-refractivity contribution in [2.24, 2.45) is 0 Å². The largest absolute Gasteiger partial charge is 0.493 e. The second-order valence-corrected chi connectivity index (χ2v) is 5.73. The zero-order valence-corrected chi connectivity index (χ0v) is 15.5. The number of amides is 1. The lowest BCUT2D eigenvalue weighted by molar-refractivity contribution is -0.123. The second-order valence-electron chi connectivity index (χ2n) is 5.73. The van der Waals surface area contributed by atoms with Gasteiger partial charge in [-0.3, -0.25) is 9.59 Å². The van der Waals surface area contributed by atoms with Crippen LogP contribution < -0.4 is 19.5 Å². The number of ketones is 1. The van der Waals surface area contributed by atoms with Crippen LogP contribution in [0.2, 0.25) is 0 Å². The number of rotatable bonds is 10. The highest BCUT2D eigenvalue weighted by Crippen LogP contribution is 2.29. The molecule has 150 valence electrons. The number of alkyl halides is 2. The minimum atomic E-state index is -2.98. The number of halogens is 2. The summed E-state index contributed by atoms with van der Waals surface area (Å²) in [6.07, 6.45) is 0.415. The summed E-state index contributed by atoms with van der Waals surface area (Å²) in [6.45, 7) is -1.32. The maximum Gasteiger partial charge on any atom is 0.387 e. The number of methoxy groups -OCH3 is 1. The Morgan fingerprint density at radius 1 is 1.07 bits per heavy atom. The maximum absolute atomic E-state index is 12.5. The number of hydrogen-bond donors (Lipinski definition) is 1. The van der Waals surface area contributed by atoms with E-state index in [1.54, 1.807) is 37.3 Å². The molecule has 2 aromatic rings. The minimum Gasteiger partial charge on any atom is -0.493 e. The van der Waals surface area contributed by atoms with E-state index in [2.05, 4.69) is 10.1 Å². The first kappa shape index (κ1) is 21.1. The lowest BCUT2D eigenvalue weighted by Crippen LogP contribution is -2.28. The fourth-order valence-corrected chi connectivity index (χ4v) is 2.36. The fourth-order valence-electron chi connectivity index (χ4n) is 2.36. The lowest BCUT2D eigenvalue weighted by Gasteiger charge is -2.12. The smallest absolute Gasteiger partial charge is 0.387 e. The zero-order valence-electron chi connectivity index (χ0n) is 15.5. The molecule has 0 radical (unpaired) electrons. The monoisotopic (exact) mass is 393 g/mol. The number of carbonyl (C=O) groups excluding carboxylic acids is 2. The van der Waals surface area contributed by atoms with E-state index in [0.29, 0.717) is 23.3 Å². The standard InChI is InChI=1S/C20H21F2NO5/c1-3-16(24)14-5-7-15(8-6-14)27-12-19(25)23-11-13-4-9-17(26-2)18(10-13)28-20(21)22/h4-10,20H,3,11-12H2,1-2H3,(H,23,25). The van der Waals surface area contributed by atoms with Crippen LogP contribution in [0.1, 0.15) is 29.3 Å². The van der Waals surface area contributed by atoms with Crippen molar-refractivity contribution < 1.29 is 32.6 Å². The predicted molar refractivity (Wildman–Crippen MR) is 98.0 cm³/mol. The van der Waals surface area contributed by atoms with Crippen molar-refractivity contribution in [3.05, 3.63) is 53.6 Å². The Morgan fingerprint density at radius 3 is 2.39 bits per heavy atom. The first-order valence-electron chi connectivity index (χ1n) is 8.57. The van der Waals surface area contributed by atoms with Crippen molar-refractivity contribution in [3.63, 3.8) is 0 Å². The van der Waals surface area contributed by atoms with Gasteiger partial charge in [0.2, 0.25) is 0 Å². The van der Waals surface area contributed by atoms with E-state index >= 15 is 0 Å². The predicted octanol–water partition coefficient (Wildman–Crippen LogP) is 3.58. The summed E-state index contributed by atoms with van der Waals surface area (Å²) >= 11 is 0. The van der Waals surface area contributed by atoms with E-state index in [0.717, 1.165) is 0 Å².